The largest absolute Gasteiger partial charge is 0.477 e. The molecule has 1 heterocycles. The molecule has 0 saturated carbocycles. The van der Waals surface area contributed by atoms with Crippen molar-refractivity contribution in [1.82, 2.24) is 5.32 Å². The van der Waals surface area contributed by atoms with Crippen molar-refractivity contribution in [3.05, 3.63) is 21.9 Å². The van der Waals surface area contributed by atoms with Gasteiger partial charge < -0.3 is 19.9 Å². The number of amides is 1. The van der Waals surface area contributed by atoms with Gasteiger partial charge in [-0.05, 0) is 18.6 Å². The number of rotatable bonds is 9. The molecule has 0 aliphatic rings. The molecule has 0 spiro atoms. The fraction of sp³-hybridized carbons (Fsp3) is 0.500. The molecule has 0 unspecified atom stereocenters. The molecule has 1 amide bonds. The van der Waals surface area contributed by atoms with Crippen LogP contribution in [0, 0.1) is 0 Å². The number of nitrogens with one attached hydrogen (secondary N) is 1. The van der Waals surface area contributed by atoms with E-state index in [1.165, 1.54) is 12.1 Å². The van der Waals surface area contributed by atoms with E-state index in [0.717, 1.165) is 11.3 Å². The number of ether oxygens (including phenoxy) is 2. The van der Waals surface area contributed by atoms with Crippen molar-refractivity contribution in [3.63, 3.8) is 0 Å². The first-order valence-corrected chi connectivity index (χ1v) is 6.65. The van der Waals surface area contributed by atoms with E-state index in [1.54, 1.807) is 7.11 Å². The second-order valence-electron chi connectivity index (χ2n) is 3.68. The lowest BCUT2D eigenvalue weighted by atomic mass is 10.4. The van der Waals surface area contributed by atoms with Gasteiger partial charge in [-0.3, -0.25) is 4.79 Å². The minimum atomic E-state index is -1.02. The van der Waals surface area contributed by atoms with Crippen molar-refractivity contribution in [1.29, 1.82) is 0 Å². The van der Waals surface area contributed by atoms with E-state index in [0.29, 0.717) is 37.7 Å². The number of carboxylic acid groups (broad SMARTS) is 1. The molecule has 1 aromatic rings. The lowest BCUT2D eigenvalue weighted by molar-refractivity contribution is 0.0688. The van der Waals surface area contributed by atoms with E-state index in [-0.39, 0.29) is 10.8 Å². The summed E-state index contributed by atoms with van der Waals surface area (Å²) in [5.74, 6) is -1.27. The Kier molecular flexibility index (Phi) is 7.09. The van der Waals surface area contributed by atoms with Crippen LogP contribution in [0.5, 0.6) is 0 Å². The normalized spacial score (nSPS) is 10.4. The van der Waals surface area contributed by atoms with Crippen molar-refractivity contribution in [3.8, 4) is 0 Å². The predicted molar refractivity (Wildman–Crippen MR) is 70.9 cm³/mol. The molecule has 7 heteroatoms. The van der Waals surface area contributed by atoms with Crippen LogP contribution in [0.3, 0.4) is 0 Å². The van der Waals surface area contributed by atoms with E-state index in [9.17, 15) is 9.59 Å². The number of hydrogen-bond acceptors (Lipinski definition) is 5. The van der Waals surface area contributed by atoms with Crippen LogP contribution in [0.2, 0.25) is 0 Å². The van der Waals surface area contributed by atoms with Gasteiger partial charge in [-0.2, -0.15) is 0 Å². The van der Waals surface area contributed by atoms with Gasteiger partial charge >= 0.3 is 5.97 Å². The van der Waals surface area contributed by atoms with Gasteiger partial charge in [0.2, 0.25) is 0 Å². The maximum atomic E-state index is 11.7. The summed E-state index contributed by atoms with van der Waals surface area (Å²) in [5, 5.41) is 11.5. The van der Waals surface area contributed by atoms with Gasteiger partial charge in [0.05, 0.1) is 18.1 Å². The molecule has 19 heavy (non-hydrogen) atoms. The number of aromatic carboxylic acids is 1. The van der Waals surface area contributed by atoms with Crippen LogP contribution in [-0.4, -0.2) is 50.5 Å². The molecular weight excluding hydrogens is 270 g/mol. The molecule has 2 N–H and O–H groups in total. The number of carbonyl (C=O) groups is 2. The highest BCUT2D eigenvalue weighted by atomic mass is 32.1. The van der Waals surface area contributed by atoms with Gasteiger partial charge in [0.15, 0.2) is 0 Å². The Balaban J connectivity index is 2.18. The van der Waals surface area contributed by atoms with Gasteiger partial charge in [-0.25, -0.2) is 4.79 Å². The SMILES string of the molecule is COCCOCCCNC(=O)c1ccc(C(=O)O)s1. The lowest BCUT2D eigenvalue weighted by Gasteiger charge is -2.04. The van der Waals surface area contributed by atoms with Crippen LogP contribution in [0.15, 0.2) is 12.1 Å². The third kappa shape index (κ3) is 5.82. The quantitative estimate of drug-likeness (QED) is 0.667. The first-order valence-electron chi connectivity index (χ1n) is 5.83. The van der Waals surface area contributed by atoms with Crippen molar-refractivity contribution in [2.24, 2.45) is 0 Å². The van der Waals surface area contributed by atoms with Crippen LogP contribution in [0.25, 0.3) is 0 Å². The van der Waals surface area contributed by atoms with Crippen LogP contribution < -0.4 is 5.32 Å². The van der Waals surface area contributed by atoms with Gasteiger partial charge in [0.1, 0.15) is 4.88 Å². The highest BCUT2D eigenvalue weighted by Crippen LogP contribution is 2.15. The predicted octanol–water partition coefficient (Wildman–Crippen LogP) is 1.23. The highest BCUT2D eigenvalue weighted by molar-refractivity contribution is 7.15. The molecule has 1 rings (SSSR count). The zero-order chi connectivity index (χ0) is 14.1. The maximum absolute atomic E-state index is 11.7. The topological polar surface area (TPSA) is 84.9 Å². The van der Waals surface area contributed by atoms with Crippen LogP contribution in [0.1, 0.15) is 25.8 Å². The summed E-state index contributed by atoms with van der Waals surface area (Å²) in [5.41, 5.74) is 0. The van der Waals surface area contributed by atoms with E-state index in [1.807, 2.05) is 0 Å². The van der Waals surface area contributed by atoms with Crippen molar-refractivity contribution in [2.45, 2.75) is 6.42 Å². The van der Waals surface area contributed by atoms with Crippen LogP contribution in [-0.2, 0) is 9.47 Å². The molecule has 0 fully saturated rings. The zero-order valence-electron chi connectivity index (χ0n) is 10.7. The smallest absolute Gasteiger partial charge is 0.345 e. The third-order valence-electron chi connectivity index (χ3n) is 2.22. The first-order chi connectivity index (χ1) is 9.15. The summed E-state index contributed by atoms with van der Waals surface area (Å²) in [7, 11) is 1.61. The van der Waals surface area contributed by atoms with Crippen molar-refractivity contribution < 1.29 is 24.2 Å². The number of hydrogen-bond donors (Lipinski definition) is 2. The number of methoxy groups -OCH3 is 1. The minimum Gasteiger partial charge on any atom is -0.477 e. The van der Waals surface area contributed by atoms with Gasteiger partial charge in [0.25, 0.3) is 5.91 Å². The first kappa shape index (κ1) is 15.6. The molecule has 0 aliphatic carbocycles. The molecule has 0 saturated heterocycles. The van der Waals surface area contributed by atoms with E-state index in [2.05, 4.69) is 5.32 Å². The summed E-state index contributed by atoms with van der Waals surface area (Å²) in [6.07, 6.45) is 0.701. The Morgan fingerprint density at radius 3 is 2.63 bits per heavy atom. The second kappa shape index (κ2) is 8.63. The van der Waals surface area contributed by atoms with E-state index >= 15 is 0 Å². The van der Waals surface area contributed by atoms with Gasteiger partial charge in [-0.1, -0.05) is 0 Å². The highest BCUT2D eigenvalue weighted by Gasteiger charge is 2.12. The lowest BCUT2D eigenvalue weighted by Crippen LogP contribution is -2.24. The summed E-state index contributed by atoms with van der Waals surface area (Å²) in [6.45, 7) is 2.14. The fourth-order valence-corrected chi connectivity index (χ4v) is 2.04. The molecule has 0 aliphatic heterocycles. The number of carbonyl (C=O) groups excluding carboxylic acids is 1. The molecule has 0 radical (unpaired) electrons. The summed E-state index contributed by atoms with van der Waals surface area (Å²) >= 11 is 0.965. The Labute approximate surface area is 115 Å². The Bertz CT molecular complexity index is 418. The molecular formula is C12H17NO5S. The molecule has 106 valence electrons. The molecule has 0 aromatic carbocycles. The minimum absolute atomic E-state index is 0.160. The monoisotopic (exact) mass is 287 g/mol. The fourth-order valence-electron chi connectivity index (χ4n) is 1.28. The second-order valence-corrected chi connectivity index (χ2v) is 4.77. The van der Waals surface area contributed by atoms with Crippen LogP contribution in [0.4, 0.5) is 0 Å². The average molecular weight is 287 g/mol. The Morgan fingerprint density at radius 1 is 1.26 bits per heavy atom. The average Bonchev–Trinajstić information content (AvgIpc) is 2.87. The van der Waals surface area contributed by atoms with Crippen LogP contribution >= 0.6 is 11.3 Å². The summed E-state index contributed by atoms with van der Waals surface area (Å²) < 4.78 is 10.1. The number of thiophene rings is 1. The standard InChI is InChI=1S/C12H17NO5S/c1-17-7-8-18-6-2-5-13-11(14)9-3-4-10(19-9)12(15)16/h3-4H,2,5-8H2,1H3,(H,13,14)(H,15,16). The van der Waals surface area contributed by atoms with E-state index in [4.69, 9.17) is 14.6 Å². The van der Waals surface area contributed by atoms with E-state index < -0.39 is 5.97 Å². The number of carboxylic acids is 1. The summed E-state index contributed by atoms with van der Waals surface area (Å²) in [6, 6.07) is 2.94. The third-order valence-corrected chi connectivity index (χ3v) is 3.30. The molecule has 0 bridgehead atoms. The zero-order valence-corrected chi connectivity index (χ0v) is 11.5. The van der Waals surface area contributed by atoms with Crippen molar-refractivity contribution in [2.75, 3.05) is 33.5 Å². The van der Waals surface area contributed by atoms with Crippen molar-refractivity contribution >= 4 is 23.2 Å². The molecule has 0 atom stereocenters. The maximum Gasteiger partial charge on any atom is 0.345 e. The van der Waals surface area contributed by atoms with Gasteiger partial charge in [-0.15, -0.1) is 11.3 Å². The Morgan fingerprint density at radius 2 is 2.00 bits per heavy atom. The van der Waals surface area contributed by atoms with Gasteiger partial charge in [0, 0.05) is 20.3 Å². The molecule has 6 nitrogen and oxygen atoms in total. The Hall–Kier alpha value is -1.44. The molecule has 1 aromatic heterocycles. The summed E-state index contributed by atoms with van der Waals surface area (Å²) in [4.78, 5) is 22.9.